The third-order valence-electron chi connectivity index (χ3n) is 2.18. The number of alkyl halides is 1. The van der Waals surface area contributed by atoms with Crippen LogP contribution in [0.15, 0.2) is 21.3 Å². The summed E-state index contributed by atoms with van der Waals surface area (Å²) >= 11 is 10.3. The number of rotatable bonds is 1. The first kappa shape index (κ1) is 11.5. The zero-order valence-electron chi connectivity index (χ0n) is 7.58. The molecule has 0 radical (unpaired) electrons. The lowest BCUT2D eigenvalue weighted by Gasteiger charge is -2.18. The normalized spacial score (nSPS) is 21.1. The van der Waals surface area contributed by atoms with Crippen molar-refractivity contribution in [1.82, 2.24) is 4.98 Å². The van der Waals surface area contributed by atoms with E-state index in [0.29, 0.717) is 13.0 Å². The van der Waals surface area contributed by atoms with Crippen molar-refractivity contribution in [2.75, 3.05) is 11.4 Å². The largest absolute Gasteiger partial charge is 0.309 e. The summed E-state index contributed by atoms with van der Waals surface area (Å²) in [5.41, 5.74) is 0.858. The Bertz CT molecular complexity index is 390. The molecule has 1 atom stereocenters. The maximum atomic E-state index is 11.7. The van der Waals surface area contributed by atoms with Crippen LogP contribution in [0.5, 0.6) is 0 Å². The van der Waals surface area contributed by atoms with Gasteiger partial charge in [0, 0.05) is 30.2 Å². The Labute approximate surface area is 113 Å². The molecule has 0 bridgehead atoms. The number of pyridine rings is 1. The molecule has 0 aliphatic carbocycles. The van der Waals surface area contributed by atoms with Gasteiger partial charge in [0.1, 0.15) is 0 Å². The van der Waals surface area contributed by atoms with Crippen LogP contribution in [0.2, 0.25) is 0 Å². The number of hydrogen-bond acceptors (Lipinski definition) is 2. The van der Waals surface area contributed by atoms with E-state index in [-0.39, 0.29) is 10.7 Å². The van der Waals surface area contributed by atoms with Crippen LogP contribution in [0.1, 0.15) is 6.42 Å². The average Bonchev–Trinajstić information content (AvgIpc) is 2.45. The van der Waals surface area contributed by atoms with Crippen molar-refractivity contribution in [3.05, 3.63) is 21.3 Å². The summed E-state index contributed by atoms with van der Waals surface area (Å²) in [5, 5.41) is 0. The molecule has 6 heteroatoms. The van der Waals surface area contributed by atoms with Gasteiger partial charge in [0.15, 0.2) is 0 Å². The van der Waals surface area contributed by atoms with Gasteiger partial charge in [-0.2, -0.15) is 0 Å². The van der Waals surface area contributed by atoms with Crippen molar-refractivity contribution in [1.29, 1.82) is 0 Å². The Morgan fingerprint density at radius 3 is 2.40 bits per heavy atom. The first-order valence-electron chi connectivity index (χ1n) is 4.33. The molecule has 2 rings (SSSR count). The Hall–Kier alpha value is 0.0600. The van der Waals surface area contributed by atoms with E-state index in [1.165, 1.54) is 0 Å². The van der Waals surface area contributed by atoms with Crippen molar-refractivity contribution in [2.45, 2.75) is 11.2 Å². The highest BCUT2D eigenvalue weighted by atomic mass is 79.9. The van der Waals surface area contributed by atoms with Gasteiger partial charge in [-0.05, 0) is 31.9 Å². The second-order valence-electron chi connectivity index (χ2n) is 3.26. The maximum absolute atomic E-state index is 11.7. The predicted octanol–water partition coefficient (Wildman–Crippen LogP) is 3.11. The lowest BCUT2D eigenvalue weighted by atomic mass is 10.3. The molecule has 1 fully saturated rings. The maximum Gasteiger partial charge on any atom is 0.228 e. The molecule has 80 valence electrons. The number of halogens is 3. The van der Waals surface area contributed by atoms with E-state index in [1.54, 1.807) is 17.3 Å². The number of nitrogens with zero attached hydrogens (tertiary/aromatic N) is 2. The molecule has 2 heterocycles. The van der Waals surface area contributed by atoms with Crippen molar-refractivity contribution in [3.63, 3.8) is 0 Å². The highest BCUT2D eigenvalue weighted by Gasteiger charge is 2.31. The molecule has 1 amide bonds. The fourth-order valence-corrected chi connectivity index (χ4v) is 3.47. The van der Waals surface area contributed by atoms with E-state index in [4.69, 9.17) is 0 Å². The molecule has 1 saturated heterocycles. The summed E-state index contributed by atoms with van der Waals surface area (Å²) < 4.78 is 1.65. The van der Waals surface area contributed by atoms with Gasteiger partial charge in [0.05, 0.1) is 14.6 Å². The molecule has 0 N–H and O–H groups in total. The molecule has 1 aromatic rings. The topological polar surface area (TPSA) is 33.2 Å². The fourth-order valence-electron chi connectivity index (χ4n) is 1.54. The molecule has 0 spiro atoms. The van der Waals surface area contributed by atoms with E-state index >= 15 is 0 Å². The molecule has 0 aromatic carbocycles. The van der Waals surface area contributed by atoms with E-state index in [0.717, 1.165) is 14.6 Å². The van der Waals surface area contributed by atoms with Crippen LogP contribution in [0.4, 0.5) is 5.69 Å². The van der Waals surface area contributed by atoms with Crippen LogP contribution in [0, 0.1) is 0 Å². The van der Waals surface area contributed by atoms with Gasteiger partial charge in [0.25, 0.3) is 0 Å². The highest BCUT2D eigenvalue weighted by Crippen LogP contribution is 2.36. The monoisotopic (exact) mass is 396 g/mol. The van der Waals surface area contributed by atoms with Gasteiger partial charge in [-0.1, -0.05) is 15.9 Å². The highest BCUT2D eigenvalue weighted by molar-refractivity contribution is 9.11. The van der Waals surface area contributed by atoms with E-state index in [1.807, 2.05) is 0 Å². The van der Waals surface area contributed by atoms with E-state index in [9.17, 15) is 4.79 Å². The lowest BCUT2D eigenvalue weighted by Crippen LogP contribution is -2.25. The minimum absolute atomic E-state index is 0.129. The molecule has 1 aliphatic heterocycles. The quantitative estimate of drug-likeness (QED) is 0.681. The Morgan fingerprint density at radius 2 is 1.93 bits per heavy atom. The van der Waals surface area contributed by atoms with Crippen LogP contribution >= 0.6 is 47.8 Å². The SMILES string of the molecule is O=C1CC(Br)CN1c1c(Br)cncc1Br. The molecule has 1 aliphatic rings. The average molecular weight is 399 g/mol. The zero-order chi connectivity index (χ0) is 11.0. The Balaban J connectivity index is 2.41. The van der Waals surface area contributed by atoms with Gasteiger partial charge >= 0.3 is 0 Å². The second kappa shape index (κ2) is 4.51. The van der Waals surface area contributed by atoms with E-state index in [2.05, 4.69) is 52.8 Å². The Morgan fingerprint density at radius 1 is 1.33 bits per heavy atom. The van der Waals surface area contributed by atoms with Crippen molar-refractivity contribution >= 4 is 59.4 Å². The summed E-state index contributed by atoms with van der Waals surface area (Å²) in [6.07, 6.45) is 3.92. The fraction of sp³-hybridized carbons (Fsp3) is 0.333. The van der Waals surface area contributed by atoms with E-state index < -0.39 is 0 Å². The minimum atomic E-state index is 0.129. The van der Waals surface area contributed by atoms with Crippen LogP contribution in [-0.2, 0) is 4.79 Å². The van der Waals surface area contributed by atoms with Gasteiger partial charge in [-0.3, -0.25) is 9.78 Å². The van der Waals surface area contributed by atoms with Crippen molar-refractivity contribution < 1.29 is 4.79 Å². The van der Waals surface area contributed by atoms with Crippen LogP contribution in [-0.4, -0.2) is 22.3 Å². The van der Waals surface area contributed by atoms with Crippen molar-refractivity contribution in [3.8, 4) is 0 Å². The summed E-state index contributed by atoms with van der Waals surface area (Å²) in [6.45, 7) is 0.694. The van der Waals surface area contributed by atoms with Crippen LogP contribution in [0.3, 0.4) is 0 Å². The van der Waals surface area contributed by atoms with Crippen molar-refractivity contribution in [2.24, 2.45) is 0 Å². The van der Waals surface area contributed by atoms with Gasteiger partial charge < -0.3 is 4.90 Å². The third kappa shape index (κ3) is 2.26. The Kier molecular flexibility index (Phi) is 3.47. The standard InChI is InChI=1S/C9H7Br3N2O/c10-5-1-8(15)14(4-5)9-6(11)2-13-3-7(9)12/h2-3,5H,1,4H2. The summed E-state index contributed by atoms with van der Waals surface area (Å²) in [6, 6.07) is 0. The van der Waals surface area contributed by atoms with Gasteiger partial charge in [-0.15, -0.1) is 0 Å². The second-order valence-corrected chi connectivity index (χ2v) is 6.26. The molecular weight excluding hydrogens is 392 g/mol. The van der Waals surface area contributed by atoms with Gasteiger partial charge in [0.2, 0.25) is 5.91 Å². The molecule has 15 heavy (non-hydrogen) atoms. The number of amides is 1. The molecular formula is C9H7Br3N2O. The molecule has 3 nitrogen and oxygen atoms in total. The zero-order valence-corrected chi connectivity index (χ0v) is 12.3. The number of carbonyl (C=O) groups excluding carboxylic acids is 1. The number of anilines is 1. The first-order valence-corrected chi connectivity index (χ1v) is 6.83. The number of hydrogen-bond donors (Lipinski definition) is 0. The minimum Gasteiger partial charge on any atom is -0.309 e. The third-order valence-corrected chi connectivity index (χ3v) is 3.95. The van der Waals surface area contributed by atoms with Gasteiger partial charge in [-0.25, -0.2) is 0 Å². The molecule has 1 aromatic heterocycles. The lowest BCUT2D eigenvalue weighted by molar-refractivity contribution is -0.117. The van der Waals surface area contributed by atoms with Crippen LogP contribution < -0.4 is 4.90 Å². The number of carbonyl (C=O) groups is 1. The number of aromatic nitrogens is 1. The first-order chi connectivity index (χ1) is 7.09. The summed E-state index contributed by atoms with van der Waals surface area (Å²) in [4.78, 5) is 17.7. The van der Waals surface area contributed by atoms with Crippen LogP contribution in [0.25, 0.3) is 0 Å². The molecule has 0 saturated carbocycles. The smallest absolute Gasteiger partial charge is 0.228 e. The summed E-state index contributed by atoms with van der Waals surface area (Å²) in [7, 11) is 0. The molecule has 1 unspecified atom stereocenters. The summed E-state index contributed by atoms with van der Waals surface area (Å²) in [5.74, 6) is 0.129. The predicted molar refractivity (Wildman–Crippen MR) is 69.3 cm³/mol.